The molecule has 3 N–H and O–H groups in total. The van der Waals surface area contributed by atoms with Crippen LogP contribution in [-0.4, -0.2) is 45.3 Å². The number of pyridine rings is 1. The molecule has 0 spiro atoms. The van der Waals surface area contributed by atoms with Crippen LogP contribution in [-0.2, 0) is 11.3 Å². The van der Waals surface area contributed by atoms with Gasteiger partial charge in [0.05, 0.1) is 47.1 Å². The number of hydrogen-bond acceptors (Lipinski definition) is 7. The average molecular weight is 494 g/mol. The molecule has 4 heterocycles. The second-order valence-corrected chi connectivity index (χ2v) is 9.23. The number of ether oxygens (including phenoxy) is 1. The standard InChI is InChI=1S/C26H29F2N7O/c1-3-36-15-17-9-20(27)25(21(28)10-17)22-5-4-19-11-31-26(35(19)33-22)32-23-12-30-7-6-24(23)34-13-16(2)8-18(29)14-34/h4-7,9-12,16,18H,3,8,13-15,29H2,1-2H3,(H,31,32). The number of nitrogens with two attached hydrogens (primary N) is 1. The lowest BCUT2D eigenvalue weighted by atomic mass is 9.96. The van der Waals surface area contributed by atoms with E-state index in [1.807, 2.05) is 13.0 Å². The molecular formula is C26H29F2N7O. The SMILES string of the molecule is CCOCc1cc(F)c(-c2ccc3cnc(Nc4cnccc4N4CC(C)CC(N)C4)n3n2)c(F)c1. The maximum atomic E-state index is 14.9. The maximum Gasteiger partial charge on any atom is 0.229 e. The Morgan fingerprint density at radius 2 is 1.94 bits per heavy atom. The van der Waals surface area contributed by atoms with E-state index in [0.29, 0.717) is 29.6 Å². The number of aromatic nitrogens is 4. The Labute approximate surface area is 208 Å². The van der Waals surface area contributed by atoms with Crippen LogP contribution < -0.4 is 16.0 Å². The zero-order chi connectivity index (χ0) is 25.2. The van der Waals surface area contributed by atoms with Gasteiger partial charge in [0, 0.05) is 31.9 Å². The van der Waals surface area contributed by atoms with E-state index in [2.05, 4.69) is 32.2 Å². The molecule has 5 rings (SSSR count). The van der Waals surface area contributed by atoms with Crippen LogP contribution in [0, 0.1) is 17.6 Å². The Morgan fingerprint density at radius 1 is 1.14 bits per heavy atom. The van der Waals surface area contributed by atoms with Crippen LogP contribution in [0.1, 0.15) is 25.8 Å². The van der Waals surface area contributed by atoms with Crippen LogP contribution in [0.5, 0.6) is 0 Å². The summed E-state index contributed by atoms with van der Waals surface area (Å²) < 4.78 is 36.6. The van der Waals surface area contributed by atoms with E-state index >= 15 is 0 Å². The van der Waals surface area contributed by atoms with E-state index in [-0.39, 0.29) is 23.9 Å². The predicted molar refractivity (Wildman–Crippen MR) is 135 cm³/mol. The molecule has 1 fully saturated rings. The molecule has 8 nitrogen and oxygen atoms in total. The summed E-state index contributed by atoms with van der Waals surface area (Å²) in [6.45, 7) is 6.24. The Kier molecular flexibility index (Phi) is 6.80. The van der Waals surface area contributed by atoms with E-state index < -0.39 is 11.6 Å². The van der Waals surface area contributed by atoms with Gasteiger partial charge in [-0.3, -0.25) is 4.98 Å². The lowest BCUT2D eigenvalue weighted by Gasteiger charge is -2.37. The lowest BCUT2D eigenvalue weighted by molar-refractivity contribution is 0.133. The van der Waals surface area contributed by atoms with Gasteiger partial charge in [0.1, 0.15) is 11.6 Å². The molecule has 2 atom stereocenters. The predicted octanol–water partition coefficient (Wildman–Crippen LogP) is 4.52. The Hall–Kier alpha value is -3.63. The molecule has 4 aromatic rings. The Morgan fingerprint density at radius 3 is 2.69 bits per heavy atom. The summed E-state index contributed by atoms with van der Waals surface area (Å²) in [5, 5.41) is 7.81. The topological polar surface area (TPSA) is 93.6 Å². The van der Waals surface area contributed by atoms with E-state index in [1.54, 1.807) is 30.7 Å². The number of hydrogen-bond donors (Lipinski definition) is 2. The summed E-state index contributed by atoms with van der Waals surface area (Å²) in [4.78, 5) is 11.0. The third-order valence-electron chi connectivity index (χ3n) is 6.29. The fraction of sp³-hybridized carbons (Fsp3) is 0.346. The van der Waals surface area contributed by atoms with Crippen molar-refractivity contribution in [2.75, 3.05) is 29.9 Å². The van der Waals surface area contributed by atoms with E-state index in [0.717, 1.165) is 30.9 Å². The molecule has 0 bridgehead atoms. The van der Waals surface area contributed by atoms with Crippen LogP contribution in [0.4, 0.5) is 26.1 Å². The number of imidazole rings is 1. The van der Waals surface area contributed by atoms with Crippen LogP contribution in [0.25, 0.3) is 16.8 Å². The van der Waals surface area contributed by atoms with Crippen molar-refractivity contribution in [1.29, 1.82) is 0 Å². The first-order valence-corrected chi connectivity index (χ1v) is 12.0. The number of nitrogens with one attached hydrogen (secondary N) is 1. The van der Waals surface area contributed by atoms with Gasteiger partial charge in [-0.15, -0.1) is 0 Å². The number of fused-ring (bicyclic) bond motifs is 1. The number of piperidine rings is 1. The van der Waals surface area contributed by atoms with Gasteiger partial charge >= 0.3 is 0 Å². The van der Waals surface area contributed by atoms with Gasteiger partial charge in [-0.25, -0.2) is 13.8 Å². The van der Waals surface area contributed by atoms with Crippen molar-refractivity contribution in [3.8, 4) is 11.3 Å². The van der Waals surface area contributed by atoms with Crippen molar-refractivity contribution >= 4 is 22.8 Å². The molecular weight excluding hydrogens is 464 g/mol. The highest BCUT2D eigenvalue weighted by atomic mass is 19.1. The molecule has 0 saturated carbocycles. The van der Waals surface area contributed by atoms with Gasteiger partial charge in [0.2, 0.25) is 5.95 Å². The van der Waals surface area contributed by atoms with Crippen molar-refractivity contribution in [1.82, 2.24) is 19.6 Å². The van der Waals surface area contributed by atoms with Crippen molar-refractivity contribution in [2.24, 2.45) is 11.7 Å². The summed E-state index contributed by atoms with van der Waals surface area (Å²) in [5.41, 5.74) is 9.04. The van der Waals surface area contributed by atoms with E-state index in [1.165, 1.54) is 16.6 Å². The first-order valence-electron chi connectivity index (χ1n) is 12.0. The second-order valence-electron chi connectivity index (χ2n) is 9.23. The summed E-state index contributed by atoms with van der Waals surface area (Å²) >= 11 is 0. The number of anilines is 3. The molecule has 3 aromatic heterocycles. The zero-order valence-corrected chi connectivity index (χ0v) is 20.3. The van der Waals surface area contributed by atoms with E-state index in [9.17, 15) is 8.78 Å². The molecule has 36 heavy (non-hydrogen) atoms. The number of rotatable bonds is 7. The average Bonchev–Trinajstić information content (AvgIpc) is 3.24. The molecule has 188 valence electrons. The number of nitrogens with zero attached hydrogens (tertiary/aromatic N) is 5. The minimum absolute atomic E-state index is 0.0935. The fourth-order valence-corrected chi connectivity index (χ4v) is 4.75. The Balaban J connectivity index is 1.48. The highest BCUT2D eigenvalue weighted by Crippen LogP contribution is 2.32. The van der Waals surface area contributed by atoms with Gasteiger partial charge in [0.25, 0.3) is 0 Å². The largest absolute Gasteiger partial charge is 0.377 e. The highest BCUT2D eigenvalue weighted by molar-refractivity contribution is 5.74. The fourth-order valence-electron chi connectivity index (χ4n) is 4.75. The third kappa shape index (κ3) is 4.87. The van der Waals surface area contributed by atoms with Gasteiger partial charge in [0.15, 0.2) is 0 Å². The smallest absolute Gasteiger partial charge is 0.229 e. The Bertz CT molecular complexity index is 1340. The van der Waals surface area contributed by atoms with Gasteiger partial charge in [-0.1, -0.05) is 6.92 Å². The third-order valence-corrected chi connectivity index (χ3v) is 6.29. The minimum atomic E-state index is -0.698. The molecule has 0 amide bonds. The normalized spacial score (nSPS) is 18.1. The summed E-state index contributed by atoms with van der Waals surface area (Å²) in [6, 6.07) is 7.89. The lowest BCUT2D eigenvalue weighted by Crippen LogP contribution is -2.46. The molecule has 1 saturated heterocycles. The molecule has 1 aliphatic heterocycles. The van der Waals surface area contributed by atoms with Crippen molar-refractivity contribution in [3.63, 3.8) is 0 Å². The maximum absolute atomic E-state index is 14.9. The molecule has 1 aliphatic rings. The number of halogens is 2. The summed E-state index contributed by atoms with van der Waals surface area (Å²) in [7, 11) is 0. The zero-order valence-electron chi connectivity index (χ0n) is 20.3. The summed E-state index contributed by atoms with van der Waals surface area (Å²) in [6.07, 6.45) is 6.10. The van der Waals surface area contributed by atoms with Crippen molar-refractivity contribution in [2.45, 2.75) is 32.9 Å². The van der Waals surface area contributed by atoms with Gasteiger partial charge in [-0.2, -0.15) is 9.61 Å². The van der Waals surface area contributed by atoms with E-state index in [4.69, 9.17) is 10.5 Å². The van der Waals surface area contributed by atoms with Crippen LogP contribution in [0.2, 0.25) is 0 Å². The minimum Gasteiger partial charge on any atom is -0.377 e. The molecule has 2 unspecified atom stereocenters. The van der Waals surface area contributed by atoms with Crippen molar-refractivity contribution in [3.05, 3.63) is 66.1 Å². The van der Waals surface area contributed by atoms with Crippen LogP contribution in [0.3, 0.4) is 0 Å². The van der Waals surface area contributed by atoms with Gasteiger partial charge in [-0.05, 0) is 55.2 Å². The molecule has 0 aliphatic carbocycles. The first kappa shape index (κ1) is 24.1. The quantitative estimate of drug-likeness (QED) is 0.391. The van der Waals surface area contributed by atoms with Crippen LogP contribution in [0.15, 0.2) is 48.9 Å². The monoisotopic (exact) mass is 493 g/mol. The summed E-state index contributed by atoms with van der Waals surface area (Å²) in [5.74, 6) is -0.521. The number of benzene rings is 1. The van der Waals surface area contributed by atoms with Crippen LogP contribution >= 0.6 is 0 Å². The second kappa shape index (κ2) is 10.2. The molecule has 1 aromatic carbocycles. The van der Waals surface area contributed by atoms with Gasteiger partial charge < -0.3 is 20.7 Å². The van der Waals surface area contributed by atoms with Crippen molar-refractivity contribution < 1.29 is 13.5 Å². The first-order chi connectivity index (χ1) is 17.4. The molecule has 10 heteroatoms. The highest BCUT2D eigenvalue weighted by Gasteiger charge is 2.24. The molecule has 0 radical (unpaired) electrons.